The van der Waals surface area contributed by atoms with Crippen LogP contribution in [0.2, 0.25) is 0 Å². The summed E-state index contributed by atoms with van der Waals surface area (Å²) in [6.45, 7) is 10.6. The molecular formula is C11H21N3O. The van der Waals surface area contributed by atoms with Crippen LogP contribution in [-0.2, 0) is 11.3 Å². The van der Waals surface area contributed by atoms with Gasteiger partial charge < -0.3 is 10.1 Å². The van der Waals surface area contributed by atoms with E-state index in [1.807, 2.05) is 20.0 Å². The topological polar surface area (TPSA) is 49.9 Å². The van der Waals surface area contributed by atoms with E-state index in [0.29, 0.717) is 0 Å². The van der Waals surface area contributed by atoms with Gasteiger partial charge in [0, 0.05) is 31.0 Å². The van der Waals surface area contributed by atoms with E-state index >= 15 is 0 Å². The number of nitrogens with one attached hydrogen (secondary N) is 2. The SMILES string of the molecule is CCOC(C)(C)CNCc1cn[nH]c1C. The van der Waals surface area contributed by atoms with Crippen molar-refractivity contribution in [1.82, 2.24) is 15.5 Å². The third-order valence-electron chi connectivity index (χ3n) is 2.34. The van der Waals surface area contributed by atoms with Crippen LogP contribution in [0.4, 0.5) is 0 Å². The molecule has 0 saturated carbocycles. The fourth-order valence-corrected chi connectivity index (χ4v) is 1.49. The molecule has 0 aliphatic rings. The number of hydrogen-bond donors (Lipinski definition) is 2. The smallest absolute Gasteiger partial charge is 0.0750 e. The Morgan fingerprint density at radius 2 is 2.27 bits per heavy atom. The Bertz CT molecular complexity index is 294. The van der Waals surface area contributed by atoms with Gasteiger partial charge in [0.05, 0.1) is 11.8 Å². The first-order valence-corrected chi connectivity index (χ1v) is 5.38. The first-order valence-electron chi connectivity index (χ1n) is 5.38. The summed E-state index contributed by atoms with van der Waals surface area (Å²) in [7, 11) is 0. The molecule has 0 atom stereocenters. The minimum atomic E-state index is -0.105. The van der Waals surface area contributed by atoms with Crippen LogP contribution in [0.5, 0.6) is 0 Å². The second kappa shape index (κ2) is 5.28. The molecule has 86 valence electrons. The molecule has 0 bridgehead atoms. The highest BCUT2D eigenvalue weighted by molar-refractivity contribution is 5.13. The van der Waals surface area contributed by atoms with Crippen LogP contribution in [0.25, 0.3) is 0 Å². The maximum atomic E-state index is 5.59. The van der Waals surface area contributed by atoms with Crippen molar-refractivity contribution in [3.63, 3.8) is 0 Å². The zero-order valence-electron chi connectivity index (χ0n) is 10.1. The monoisotopic (exact) mass is 211 g/mol. The zero-order valence-corrected chi connectivity index (χ0v) is 10.1. The second-order valence-corrected chi connectivity index (χ2v) is 4.32. The van der Waals surface area contributed by atoms with Crippen LogP contribution < -0.4 is 5.32 Å². The van der Waals surface area contributed by atoms with Crippen LogP contribution in [0.3, 0.4) is 0 Å². The lowest BCUT2D eigenvalue weighted by molar-refractivity contribution is -0.00898. The molecule has 0 aromatic carbocycles. The predicted molar refractivity (Wildman–Crippen MR) is 60.7 cm³/mol. The number of rotatable bonds is 6. The Labute approximate surface area is 91.4 Å². The van der Waals surface area contributed by atoms with Gasteiger partial charge in [-0.3, -0.25) is 5.10 Å². The summed E-state index contributed by atoms with van der Waals surface area (Å²) in [6.07, 6.45) is 1.86. The molecule has 0 aliphatic heterocycles. The summed E-state index contributed by atoms with van der Waals surface area (Å²) in [4.78, 5) is 0. The second-order valence-electron chi connectivity index (χ2n) is 4.32. The largest absolute Gasteiger partial charge is 0.375 e. The summed E-state index contributed by atoms with van der Waals surface area (Å²) < 4.78 is 5.59. The third kappa shape index (κ3) is 4.01. The van der Waals surface area contributed by atoms with Crippen LogP contribution >= 0.6 is 0 Å². The minimum Gasteiger partial charge on any atom is -0.375 e. The highest BCUT2D eigenvalue weighted by atomic mass is 16.5. The Balaban J connectivity index is 2.30. The standard InChI is InChI=1S/C11H21N3O/c1-5-15-11(3,4)8-12-6-10-7-13-14-9(10)2/h7,12H,5-6,8H2,1-4H3,(H,13,14). The molecule has 4 nitrogen and oxygen atoms in total. The fraction of sp³-hybridized carbons (Fsp3) is 0.727. The molecule has 0 radical (unpaired) electrons. The van der Waals surface area contributed by atoms with Crippen LogP contribution in [0, 0.1) is 6.92 Å². The lowest BCUT2D eigenvalue weighted by Crippen LogP contribution is -2.37. The Morgan fingerprint density at radius 1 is 1.53 bits per heavy atom. The Hall–Kier alpha value is -0.870. The summed E-state index contributed by atoms with van der Waals surface area (Å²) >= 11 is 0. The van der Waals surface area contributed by atoms with Crippen molar-refractivity contribution >= 4 is 0 Å². The molecule has 0 aliphatic carbocycles. The molecule has 1 aromatic heterocycles. The number of ether oxygens (including phenoxy) is 1. The van der Waals surface area contributed by atoms with E-state index < -0.39 is 0 Å². The highest BCUT2D eigenvalue weighted by Crippen LogP contribution is 2.08. The number of aryl methyl sites for hydroxylation is 1. The molecule has 0 fully saturated rings. The molecule has 4 heteroatoms. The van der Waals surface area contributed by atoms with Gasteiger partial charge in [-0.15, -0.1) is 0 Å². The molecule has 1 rings (SSSR count). The van der Waals surface area contributed by atoms with E-state index in [-0.39, 0.29) is 5.60 Å². The van der Waals surface area contributed by atoms with Gasteiger partial charge in [0.2, 0.25) is 0 Å². The predicted octanol–water partition coefficient (Wildman–Crippen LogP) is 1.62. The molecule has 0 saturated heterocycles. The maximum absolute atomic E-state index is 5.59. The normalized spacial score (nSPS) is 12.0. The van der Waals surface area contributed by atoms with Crippen molar-refractivity contribution in [2.75, 3.05) is 13.2 Å². The highest BCUT2D eigenvalue weighted by Gasteiger charge is 2.16. The molecule has 1 heterocycles. The van der Waals surface area contributed by atoms with Gasteiger partial charge in [-0.05, 0) is 27.7 Å². The lowest BCUT2D eigenvalue weighted by Gasteiger charge is -2.24. The average Bonchev–Trinajstić information content (AvgIpc) is 2.51. The van der Waals surface area contributed by atoms with Gasteiger partial charge in [-0.1, -0.05) is 0 Å². The third-order valence-corrected chi connectivity index (χ3v) is 2.34. The van der Waals surface area contributed by atoms with Gasteiger partial charge in [0.15, 0.2) is 0 Å². The van der Waals surface area contributed by atoms with Crippen LogP contribution in [0.1, 0.15) is 32.0 Å². The number of H-pyrrole nitrogens is 1. The molecule has 2 N–H and O–H groups in total. The molecule has 0 unspecified atom stereocenters. The minimum absolute atomic E-state index is 0.105. The van der Waals surface area contributed by atoms with E-state index in [2.05, 4.69) is 29.4 Å². The zero-order chi connectivity index (χ0) is 11.3. The number of hydrogen-bond acceptors (Lipinski definition) is 3. The molecule has 0 amide bonds. The van der Waals surface area contributed by atoms with E-state index in [9.17, 15) is 0 Å². The Morgan fingerprint density at radius 3 is 2.80 bits per heavy atom. The van der Waals surface area contributed by atoms with Gasteiger partial charge in [-0.25, -0.2) is 0 Å². The lowest BCUT2D eigenvalue weighted by atomic mass is 10.1. The van der Waals surface area contributed by atoms with Gasteiger partial charge in [0.1, 0.15) is 0 Å². The van der Waals surface area contributed by atoms with Crippen molar-refractivity contribution in [3.05, 3.63) is 17.5 Å². The van der Waals surface area contributed by atoms with Crippen molar-refractivity contribution in [3.8, 4) is 0 Å². The summed E-state index contributed by atoms with van der Waals surface area (Å²) in [5, 5.41) is 10.3. The maximum Gasteiger partial charge on any atom is 0.0750 e. The molecular weight excluding hydrogens is 190 g/mol. The molecule has 0 spiro atoms. The van der Waals surface area contributed by atoms with Crippen molar-refractivity contribution in [2.45, 2.75) is 39.8 Å². The fourth-order valence-electron chi connectivity index (χ4n) is 1.49. The van der Waals surface area contributed by atoms with Crippen molar-refractivity contribution in [2.24, 2.45) is 0 Å². The van der Waals surface area contributed by atoms with E-state index in [1.54, 1.807) is 0 Å². The molecule has 1 aromatic rings. The summed E-state index contributed by atoms with van der Waals surface area (Å²) in [5.41, 5.74) is 2.23. The number of aromatic amines is 1. The van der Waals surface area contributed by atoms with E-state index in [4.69, 9.17) is 4.74 Å². The van der Waals surface area contributed by atoms with E-state index in [0.717, 1.165) is 25.4 Å². The number of nitrogens with zero attached hydrogens (tertiary/aromatic N) is 1. The van der Waals surface area contributed by atoms with Crippen molar-refractivity contribution < 1.29 is 4.74 Å². The number of aromatic nitrogens is 2. The van der Waals surface area contributed by atoms with E-state index in [1.165, 1.54) is 5.56 Å². The van der Waals surface area contributed by atoms with Crippen molar-refractivity contribution in [1.29, 1.82) is 0 Å². The van der Waals surface area contributed by atoms with Crippen LogP contribution in [0.15, 0.2) is 6.20 Å². The quantitative estimate of drug-likeness (QED) is 0.752. The van der Waals surface area contributed by atoms with Gasteiger partial charge >= 0.3 is 0 Å². The Kier molecular flexibility index (Phi) is 4.29. The summed E-state index contributed by atoms with van der Waals surface area (Å²) in [6, 6.07) is 0. The van der Waals surface area contributed by atoms with Gasteiger partial charge in [-0.2, -0.15) is 5.10 Å². The molecule has 15 heavy (non-hydrogen) atoms. The average molecular weight is 211 g/mol. The first kappa shape index (κ1) is 12.2. The summed E-state index contributed by atoms with van der Waals surface area (Å²) in [5.74, 6) is 0. The van der Waals surface area contributed by atoms with Gasteiger partial charge in [0.25, 0.3) is 0 Å². The van der Waals surface area contributed by atoms with Crippen LogP contribution in [-0.4, -0.2) is 29.0 Å². The first-order chi connectivity index (χ1) is 7.05.